The lowest BCUT2D eigenvalue weighted by atomic mass is 10.1. The Kier molecular flexibility index (Phi) is 4.21. The van der Waals surface area contributed by atoms with Crippen molar-refractivity contribution in [2.45, 2.75) is 19.9 Å². The van der Waals surface area contributed by atoms with Gasteiger partial charge in [0, 0.05) is 11.6 Å². The van der Waals surface area contributed by atoms with E-state index in [0.29, 0.717) is 11.1 Å². The molecule has 3 heteroatoms. The lowest BCUT2D eigenvalue weighted by molar-refractivity contribution is 0.585. The first kappa shape index (κ1) is 11.4. The van der Waals surface area contributed by atoms with Crippen molar-refractivity contribution < 1.29 is 4.39 Å². The zero-order chi connectivity index (χ0) is 8.43. The molecule has 0 aliphatic rings. The Hall–Kier alpha value is -0.600. The molecule has 1 aromatic rings. The van der Waals surface area contributed by atoms with E-state index in [2.05, 4.69) is 0 Å². The van der Waals surface area contributed by atoms with E-state index >= 15 is 0 Å². The van der Waals surface area contributed by atoms with Gasteiger partial charge in [0.1, 0.15) is 5.82 Å². The zero-order valence-electron chi connectivity index (χ0n) is 7.17. The molecule has 68 valence electrons. The van der Waals surface area contributed by atoms with Crippen LogP contribution in [0.5, 0.6) is 0 Å². The van der Waals surface area contributed by atoms with E-state index in [9.17, 15) is 4.39 Å². The maximum absolute atomic E-state index is 13.2. The highest BCUT2D eigenvalue weighted by molar-refractivity contribution is 5.85. The van der Waals surface area contributed by atoms with Gasteiger partial charge in [-0.1, -0.05) is 18.2 Å². The second-order valence-corrected chi connectivity index (χ2v) is 2.77. The zero-order valence-corrected chi connectivity index (χ0v) is 7.99. The van der Waals surface area contributed by atoms with Crippen molar-refractivity contribution in [1.29, 1.82) is 0 Å². The van der Waals surface area contributed by atoms with Crippen molar-refractivity contribution in [1.82, 2.24) is 0 Å². The van der Waals surface area contributed by atoms with Crippen molar-refractivity contribution in [3.63, 3.8) is 0 Å². The fraction of sp³-hybridized carbons (Fsp3) is 0.333. The third kappa shape index (κ3) is 2.19. The molecule has 1 nitrogen and oxygen atoms in total. The Morgan fingerprint density at radius 1 is 1.42 bits per heavy atom. The minimum atomic E-state index is -0.227. The Balaban J connectivity index is 0.00000121. The molecule has 0 saturated carbocycles. The minimum Gasteiger partial charge on any atom is -0.324 e. The molecule has 0 bridgehead atoms. The summed E-state index contributed by atoms with van der Waals surface area (Å²) in [4.78, 5) is 0. The van der Waals surface area contributed by atoms with Crippen LogP contribution in [0.25, 0.3) is 0 Å². The van der Waals surface area contributed by atoms with Crippen LogP contribution in [0.15, 0.2) is 18.2 Å². The number of halogens is 2. The van der Waals surface area contributed by atoms with E-state index < -0.39 is 0 Å². The second-order valence-electron chi connectivity index (χ2n) is 2.77. The van der Waals surface area contributed by atoms with Crippen molar-refractivity contribution in [3.8, 4) is 0 Å². The normalized spacial score (nSPS) is 12.0. The van der Waals surface area contributed by atoms with Crippen LogP contribution < -0.4 is 5.73 Å². The molecule has 0 aromatic heterocycles. The fourth-order valence-electron chi connectivity index (χ4n) is 1.02. The largest absolute Gasteiger partial charge is 0.324 e. The van der Waals surface area contributed by atoms with Crippen LogP contribution in [0, 0.1) is 12.7 Å². The molecule has 0 aliphatic heterocycles. The molecular weight excluding hydrogens is 177 g/mol. The smallest absolute Gasteiger partial charge is 0.130 e. The molecule has 2 N–H and O–H groups in total. The maximum atomic E-state index is 13.2. The molecule has 0 radical (unpaired) electrons. The molecule has 12 heavy (non-hydrogen) atoms. The summed E-state index contributed by atoms with van der Waals surface area (Å²) >= 11 is 0. The van der Waals surface area contributed by atoms with Gasteiger partial charge in [0.2, 0.25) is 0 Å². The van der Waals surface area contributed by atoms with E-state index in [4.69, 9.17) is 5.73 Å². The van der Waals surface area contributed by atoms with Gasteiger partial charge in [-0.25, -0.2) is 4.39 Å². The molecular formula is C9H13ClFN. The van der Waals surface area contributed by atoms with E-state index in [1.807, 2.05) is 6.07 Å². The highest BCUT2D eigenvalue weighted by Gasteiger charge is 2.07. The van der Waals surface area contributed by atoms with Crippen molar-refractivity contribution in [2.75, 3.05) is 0 Å². The van der Waals surface area contributed by atoms with Gasteiger partial charge in [-0.2, -0.15) is 0 Å². The SMILES string of the molecule is Cc1cccc([C@@H](C)N)c1F.Cl. The summed E-state index contributed by atoms with van der Waals surface area (Å²) < 4.78 is 13.2. The fourth-order valence-corrected chi connectivity index (χ4v) is 1.02. The molecule has 1 aromatic carbocycles. The Labute approximate surface area is 78.2 Å². The summed E-state index contributed by atoms with van der Waals surface area (Å²) in [5.41, 5.74) is 6.78. The summed E-state index contributed by atoms with van der Waals surface area (Å²) in [6.45, 7) is 3.51. The monoisotopic (exact) mass is 189 g/mol. The van der Waals surface area contributed by atoms with Crippen LogP contribution in [0.3, 0.4) is 0 Å². The summed E-state index contributed by atoms with van der Waals surface area (Å²) in [6, 6.07) is 5.04. The molecule has 0 aliphatic carbocycles. The van der Waals surface area contributed by atoms with Gasteiger partial charge in [-0.05, 0) is 19.4 Å². The summed E-state index contributed by atoms with van der Waals surface area (Å²) in [5, 5.41) is 0. The van der Waals surface area contributed by atoms with Gasteiger partial charge in [0.15, 0.2) is 0 Å². The molecule has 1 atom stereocenters. The van der Waals surface area contributed by atoms with Crippen molar-refractivity contribution in [3.05, 3.63) is 35.1 Å². The first-order valence-electron chi connectivity index (χ1n) is 3.63. The quantitative estimate of drug-likeness (QED) is 0.722. The van der Waals surface area contributed by atoms with Gasteiger partial charge in [-0.15, -0.1) is 12.4 Å². The highest BCUT2D eigenvalue weighted by Crippen LogP contribution is 2.16. The summed E-state index contributed by atoms with van der Waals surface area (Å²) in [7, 11) is 0. The van der Waals surface area contributed by atoms with E-state index in [1.54, 1.807) is 26.0 Å². The molecule has 0 amide bonds. The molecule has 1 rings (SSSR count). The lowest BCUT2D eigenvalue weighted by Gasteiger charge is -2.07. The molecule has 0 unspecified atom stereocenters. The van der Waals surface area contributed by atoms with Crippen LogP contribution >= 0.6 is 12.4 Å². The molecule has 0 saturated heterocycles. The predicted octanol–water partition coefficient (Wildman–Crippen LogP) is 2.58. The number of hydrogen-bond acceptors (Lipinski definition) is 1. The number of rotatable bonds is 1. The van der Waals surface area contributed by atoms with Crippen molar-refractivity contribution in [2.24, 2.45) is 5.73 Å². The first-order chi connectivity index (χ1) is 5.13. The average Bonchev–Trinajstić information content (AvgIpc) is 1.94. The third-order valence-electron chi connectivity index (χ3n) is 1.71. The van der Waals surface area contributed by atoms with Gasteiger partial charge < -0.3 is 5.73 Å². The Morgan fingerprint density at radius 3 is 2.42 bits per heavy atom. The van der Waals surface area contributed by atoms with Gasteiger partial charge in [0.05, 0.1) is 0 Å². The topological polar surface area (TPSA) is 26.0 Å². The first-order valence-corrected chi connectivity index (χ1v) is 3.63. The number of benzene rings is 1. The average molecular weight is 190 g/mol. The van der Waals surface area contributed by atoms with Crippen LogP contribution in [-0.2, 0) is 0 Å². The molecule has 0 spiro atoms. The number of hydrogen-bond donors (Lipinski definition) is 1. The predicted molar refractivity (Wildman–Crippen MR) is 51.0 cm³/mol. The molecule has 0 fully saturated rings. The van der Waals surface area contributed by atoms with E-state index in [0.717, 1.165) is 0 Å². The second kappa shape index (κ2) is 4.43. The van der Waals surface area contributed by atoms with Gasteiger partial charge in [0.25, 0.3) is 0 Å². The Bertz CT molecular complexity index is 261. The van der Waals surface area contributed by atoms with E-state index in [1.165, 1.54) is 0 Å². The van der Waals surface area contributed by atoms with Crippen molar-refractivity contribution >= 4 is 12.4 Å². The summed E-state index contributed by atoms with van der Waals surface area (Å²) in [6.07, 6.45) is 0. The standard InChI is InChI=1S/C9H12FN.ClH/c1-6-4-3-5-8(7(2)11)9(6)10;/h3-5,7H,11H2,1-2H3;1H/t7-;/m1./s1. The highest BCUT2D eigenvalue weighted by atomic mass is 35.5. The van der Waals surface area contributed by atoms with Gasteiger partial charge >= 0.3 is 0 Å². The van der Waals surface area contributed by atoms with E-state index in [-0.39, 0.29) is 24.3 Å². The Morgan fingerprint density at radius 2 is 2.00 bits per heavy atom. The number of nitrogens with two attached hydrogens (primary N) is 1. The van der Waals surface area contributed by atoms with Crippen LogP contribution in [0.2, 0.25) is 0 Å². The van der Waals surface area contributed by atoms with Crippen LogP contribution in [0.4, 0.5) is 4.39 Å². The lowest BCUT2D eigenvalue weighted by Crippen LogP contribution is -2.07. The maximum Gasteiger partial charge on any atom is 0.130 e. The van der Waals surface area contributed by atoms with Crippen LogP contribution in [0.1, 0.15) is 24.1 Å². The number of aryl methyl sites for hydroxylation is 1. The third-order valence-corrected chi connectivity index (χ3v) is 1.71. The minimum absolute atomic E-state index is 0. The molecule has 0 heterocycles. The van der Waals surface area contributed by atoms with Crippen LogP contribution in [-0.4, -0.2) is 0 Å². The van der Waals surface area contributed by atoms with Gasteiger partial charge in [-0.3, -0.25) is 0 Å². The summed E-state index contributed by atoms with van der Waals surface area (Å²) in [5.74, 6) is -0.178.